The number of nitrogens with zero attached hydrogens (tertiary/aromatic N) is 1. The number of benzene rings is 1. The lowest BCUT2D eigenvalue weighted by molar-refractivity contribution is 0.479. The van der Waals surface area contributed by atoms with E-state index in [1.54, 1.807) is 30.6 Å². The van der Waals surface area contributed by atoms with Crippen LogP contribution in [0.3, 0.4) is 0 Å². The van der Waals surface area contributed by atoms with Crippen molar-refractivity contribution in [1.29, 1.82) is 0 Å². The second kappa shape index (κ2) is 5.49. The van der Waals surface area contributed by atoms with Crippen LogP contribution in [0.25, 0.3) is 0 Å². The van der Waals surface area contributed by atoms with Crippen LogP contribution in [0.15, 0.2) is 41.1 Å². The molecule has 1 aromatic heterocycles. The highest BCUT2D eigenvalue weighted by Crippen LogP contribution is 2.33. The van der Waals surface area contributed by atoms with Crippen LogP contribution in [-0.2, 0) is 6.54 Å². The monoisotopic (exact) mass is 312 g/mol. The Morgan fingerprint density at radius 3 is 2.76 bits per heavy atom. The SMILES string of the molecule is NCc1ccc(Oc2ccncc2Br)c(Cl)c1. The van der Waals surface area contributed by atoms with Gasteiger partial charge in [-0.1, -0.05) is 17.7 Å². The largest absolute Gasteiger partial charge is 0.454 e. The summed E-state index contributed by atoms with van der Waals surface area (Å²) < 4.78 is 6.46. The van der Waals surface area contributed by atoms with Gasteiger partial charge in [-0.25, -0.2) is 0 Å². The molecule has 0 fully saturated rings. The van der Waals surface area contributed by atoms with Crippen molar-refractivity contribution in [2.24, 2.45) is 5.73 Å². The van der Waals surface area contributed by atoms with E-state index < -0.39 is 0 Å². The third kappa shape index (κ3) is 2.97. The summed E-state index contributed by atoms with van der Waals surface area (Å²) in [6, 6.07) is 7.25. The normalized spacial score (nSPS) is 10.3. The minimum absolute atomic E-state index is 0.457. The Hall–Kier alpha value is -1.10. The molecule has 17 heavy (non-hydrogen) atoms. The van der Waals surface area contributed by atoms with Crippen molar-refractivity contribution in [3.63, 3.8) is 0 Å². The fraction of sp³-hybridized carbons (Fsp3) is 0.0833. The summed E-state index contributed by atoms with van der Waals surface area (Å²) in [5.74, 6) is 1.26. The molecular weight excluding hydrogens is 304 g/mol. The zero-order valence-corrected chi connectivity index (χ0v) is 11.2. The van der Waals surface area contributed by atoms with Crippen LogP contribution in [0, 0.1) is 0 Å². The van der Waals surface area contributed by atoms with E-state index in [2.05, 4.69) is 20.9 Å². The van der Waals surface area contributed by atoms with E-state index in [0.717, 1.165) is 10.0 Å². The fourth-order valence-corrected chi connectivity index (χ4v) is 1.89. The Morgan fingerprint density at radius 1 is 1.29 bits per heavy atom. The van der Waals surface area contributed by atoms with Crippen molar-refractivity contribution in [2.75, 3.05) is 0 Å². The minimum atomic E-state index is 0.457. The molecule has 3 nitrogen and oxygen atoms in total. The molecule has 0 saturated heterocycles. The molecule has 0 bridgehead atoms. The molecule has 1 aromatic carbocycles. The average Bonchev–Trinajstić information content (AvgIpc) is 2.34. The van der Waals surface area contributed by atoms with Gasteiger partial charge < -0.3 is 10.5 Å². The molecule has 2 aromatic rings. The molecule has 0 radical (unpaired) electrons. The number of pyridine rings is 1. The lowest BCUT2D eigenvalue weighted by atomic mass is 10.2. The van der Waals surface area contributed by atoms with Gasteiger partial charge in [-0.2, -0.15) is 0 Å². The maximum Gasteiger partial charge on any atom is 0.146 e. The molecule has 5 heteroatoms. The number of aromatic nitrogens is 1. The van der Waals surface area contributed by atoms with Crippen molar-refractivity contribution in [3.8, 4) is 11.5 Å². The van der Waals surface area contributed by atoms with Gasteiger partial charge in [0.1, 0.15) is 11.5 Å². The van der Waals surface area contributed by atoms with Gasteiger partial charge in [-0.3, -0.25) is 4.98 Å². The van der Waals surface area contributed by atoms with E-state index in [1.807, 2.05) is 6.07 Å². The van der Waals surface area contributed by atoms with Crippen LogP contribution < -0.4 is 10.5 Å². The first-order valence-corrected chi connectivity index (χ1v) is 6.13. The molecule has 0 aliphatic carbocycles. The number of halogens is 2. The molecule has 0 aliphatic heterocycles. The van der Waals surface area contributed by atoms with Gasteiger partial charge in [0.25, 0.3) is 0 Å². The van der Waals surface area contributed by atoms with Crippen molar-refractivity contribution < 1.29 is 4.74 Å². The zero-order valence-electron chi connectivity index (χ0n) is 8.86. The third-order valence-corrected chi connectivity index (χ3v) is 3.08. The van der Waals surface area contributed by atoms with Gasteiger partial charge >= 0.3 is 0 Å². The molecule has 0 unspecified atom stereocenters. The lowest BCUT2D eigenvalue weighted by Crippen LogP contribution is -1.96. The number of rotatable bonds is 3. The summed E-state index contributed by atoms with van der Waals surface area (Å²) in [6.45, 7) is 0.457. The molecule has 2 rings (SSSR count). The van der Waals surface area contributed by atoms with Crippen LogP contribution in [0.4, 0.5) is 0 Å². The molecule has 0 atom stereocenters. The van der Waals surface area contributed by atoms with Gasteiger partial charge in [-0.05, 0) is 33.6 Å². The standard InChI is InChI=1S/C12H10BrClN2O/c13-9-7-16-4-3-11(9)17-12-2-1-8(6-15)5-10(12)14/h1-5,7H,6,15H2. The van der Waals surface area contributed by atoms with E-state index in [-0.39, 0.29) is 0 Å². The minimum Gasteiger partial charge on any atom is -0.454 e. The topological polar surface area (TPSA) is 48.1 Å². The third-order valence-electron chi connectivity index (χ3n) is 2.19. The second-order valence-corrected chi connectivity index (χ2v) is 4.64. The molecular formula is C12H10BrClN2O. The average molecular weight is 314 g/mol. The molecule has 0 spiro atoms. The van der Waals surface area contributed by atoms with E-state index in [1.165, 1.54) is 0 Å². The fourth-order valence-electron chi connectivity index (χ4n) is 1.32. The van der Waals surface area contributed by atoms with Crippen LogP contribution >= 0.6 is 27.5 Å². The zero-order chi connectivity index (χ0) is 12.3. The molecule has 0 saturated carbocycles. The number of hydrogen-bond donors (Lipinski definition) is 1. The van der Waals surface area contributed by atoms with Crippen LogP contribution in [0.2, 0.25) is 5.02 Å². The first kappa shape index (κ1) is 12.4. The molecule has 2 N–H and O–H groups in total. The molecule has 0 amide bonds. The predicted molar refractivity (Wildman–Crippen MR) is 71.4 cm³/mol. The van der Waals surface area contributed by atoms with Crippen molar-refractivity contribution in [3.05, 3.63) is 51.7 Å². The van der Waals surface area contributed by atoms with Crippen molar-refractivity contribution in [2.45, 2.75) is 6.54 Å². The smallest absolute Gasteiger partial charge is 0.146 e. The van der Waals surface area contributed by atoms with Crippen molar-refractivity contribution >= 4 is 27.5 Å². The van der Waals surface area contributed by atoms with Crippen molar-refractivity contribution in [1.82, 2.24) is 4.98 Å². The van der Waals surface area contributed by atoms with Gasteiger partial charge in [0.2, 0.25) is 0 Å². The van der Waals surface area contributed by atoms with Gasteiger partial charge in [-0.15, -0.1) is 0 Å². The first-order chi connectivity index (χ1) is 8.20. The highest BCUT2D eigenvalue weighted by atomic mass is 79.9. The van der Waals surface area contributed by atoms with E-state index in [4.69, 9.17) is 22.1 Å². The summed E-state index contributed by atoms with van der Waals surface area (Å²) in [4.78, 5) is 3.96. The maximum absolute atomic E-state index is 6.10. The van der Waals surface area contributed by atoms with Crippen LogP contribution in [-0.4, -0.2) is 4.98 Å². The Kier molecular flexibility index (Phi) is 3.99. The van der Waals surface area contributed by atoms with E-state index in [9.17, 15) is 0 Å². The van der Waals surface area contributed by atoms with Crippen LogP contribution in [0.1, 0.15) is 5.56 Å². The quantitative estimate of drug-likeness (QED) is 0.939. The van der Waals surface area contributed by atoms with E-state index in [0.29, 0.717) is 23.1 Å². The highest BCUT2D eigenvalue weighted by Gasteiger charge is 2.06. The Balaban J connectivity index is 2.28. The Bertz CT molecular complexity index is 534. The maximum atomic E-state index is 6.10. The summed E-state index contributed by atoms with van der Waals surface area (Å²) >= 11 is 9.45. The van der Waals surface area contributed by atoms with Gasteiger partial charge in [0.05, 0.1) is 9.50 Å². The second-order valence-electron chi connectivity index (χ2n) is 3.38. The summed E-state index contributed by atoms with van der Waals surface area (Å²) in [7, 11) is 0. The molecule has 0 aliphatic rings. The number of nitrogens with two attached hydrogens (primary N) is 1. The van der Waals surface area contributed by atoms with Gasteiger partial charge in [0.15, 0.2) is 0 Å². The Morgan fingerprint density at radius 2 is 2.12 bits per heavy atom. The molecule has 1 heterocycles. The van der Waals surface area contributed by atoms with Crippen LogP contribution in [0.5, 0.6) is 11.5 Å². The lowest BCUT2D eigenvalue weighted by Gasteiger charge is -2.09. The first-order valence-electron chi connectivity index (χ1n) is 4.96. The predicted octanol–water partition coefficient (Wildman–Crippen LogP) is 3.75. The summed E-state index contributed by atoms with van der Waals surface area (Å²) in [5, 5.41) is 0.539. The Labute approximate surface area is 113 Å². The number of hydrogen-bond acceptors (Lipinski definition) is 3. The molecule has 88 valence electrons. The summed E-state index contributed by atoms with van der Waals surface area (Å²) in [6.07, 6.45) is 3.32. The number of ether oxygens (including phenoxy) is 1. The summed E-state index contributed by atoms with van der Waals surface area (Å²) in [5.41, 5.74) is 6.50. The van der Waals surface area contributed by atoms with Gasteiger partial charge in [0, 0.05) is 25.0 Å². The van der Waals surface area contributed by atoms with E-state index >= 15 is 0 Å². The highest BCUT2D eigenvalue weighted by molar-refractivity contribution is 9.10.